The van der Waals surface area contributed by atoms with Gasteiger partial charge in [0, 0.05) is 30.0 Å². The summed E-state index contributed by atoms with van der Waals surface area (Å²) in [5, 5.41) is 0. The molecule has 1 aromatic carbocycles. The number of rotatable bonds is 7. The standard InChI is InChI=1S/C18H24N2O5S3/c1-14-5-10-18(26-14)17(25-2)13-19-28(23,24)16-8-6-15(7-9-16)20-11-3-4-12-27(20,21)22/h5-10,17,19H,3-4,11-13H2,1-2H3. The van der Waals surface area contributed by atoms with Gasteiger partial charge in [0.1, 0.15) is 6.10 Å². The summed E-state index contributed by atoms with van der Waals surface area (Å²) in [6.07, 6.45) is 1.08. The van der Waals surface area contributed by atoms with E-state index in [1.165, 1.54) is 28.6 Å². The molecule has 10 heteroatoms. The third kappa shape index (κ3) is 4.74. The Morgan fingerprint density at radius 1 is 1.18 bits per heavy atom. The summed E-state index contributed by atoms with van der Waals surface area (Å²) >= 11 is 1.56. The second-order valence-electron chi connectivity index (χ2n) is 6.61. The van der Waals surface area contributed by atoms with Crippen LogP contribution < -0.4 is 9.03 Å². The third-order valence-electron chi connectivity index (χ3n) is 4.61. The number of methoxy groups -OCH3 is 1. The second kappa shape index (κ2) is 8.50. The van der Waals surface area contributed by atoms with Gasteiger partial charge in [-0.3, -0.25) is 4.31 Å². The normalized spacial score (nSPS) is 18.1. The van der Waals surface area contributed by atoms with E-state index in [1.54, 1.807) is 18.4 Å². The van der Waals surface area contributed by atoms with Crippen molar-refractivity contribution in [2.45, 2.75) is 30.8 Å². The molecular weight excluding hydrogens is 420 g/mol. The van der Waals surface area contributed by atoms with Gasteiger partial charge in [-0.05, 0) is 56.2 Å². The molecule has 0 radical (unpaired) electrons. The molecule has 1 aromatic heterocycles. The lowest BCUT2D eigenvalue weighted by atomic mass is 10.3. The van der Waals surface area contributed by atoms with Gasteiger partial charge in [0.15, 0.2) is 0 Å². The largest absolute Gasteiger partial charge is 0.375 e. The Labute approximate surface area is 170 Å². The number of thiophene rings is 1. The number of nitrogens with zero attached hydrogens (tertiary/aromatic N) is 1. The minimum absolute atomic E-state index is 0.0860. The maximum absolute atomic E-state index is 12.6. The maximum Gasteiger partial charge on any atom is 0.240 e. The van der Waals surface area contributed by atoms with E-state index in [2.05, 4.69) is 4.72 Å². The molecule has 0 amide bonds. The van der Waals surface area contributed by atoms with Crippen LogP contribution in [0.3, 0.4) is 0 Å². The van der Waals surface area contributed by atoms with Gasteiger partial charge in [-0.1, -0.05) is 0 Å². The number of aryl methyl sites for hydroxylation is 1. The Hall–Kier alpha value is -1.46. The molecule has 2 heterocycles. The average Bonchev–Trinajstić information content (AvgIpc) is 3.08. The monoisotopic (exact) mass is 444 g/mol. The first-order valence-electron chi connectivity index (χ1n) is 8.92. The number of hydrogen-bond acceptors (Lipinski definition) is 6. The fraction of sp³-hybridized carbons (Fsp3) is 0.444. The van der Waals surface area contributed by atoms with Crippen LogP contribution in [0, 0.1) is 6.92 Å². The van der Waals surface area contributed by atoms with Gasteiger partial charge in [0.05, 0.1) is 16.3 Å². The fourth-order valence-corrected chi connectivity index (χ4v) is 6.69. The summed E-state index contributed by atoms with van der Waals surface area (Å²) in [5.74, 6) is 0.120. The highest BCUT2D eigenvalue weighted by Crippen LogP contribution is 2.26. The van der Waals surface area contributed by atoms with Crippen molar-refractivity contribution in [3.63, 3.8) is 0 Å². The molecular formula is C18H24N2O5S3. The molecule has 1 fully saturated rings. The van der Waals surface area contributed by atoms with Crippen molar-refractivity contribution in [3.05, 3.63) is 46.2 Å². The molecule has 7 nitrogen and oxygen atoms in total. The first-order chi connectivity index (χ1) is 13.2. The molecule has 0 saturated carbocycles. The lowest BCUT2D eigenvalue weighted by Gasteiger charge is -2.28. The quantitative estimate of drug-likeness (QED) is 0.709. The molecule has 1 N–H and O–H groups in total. The van der Waals surface area contributed by atoms with Crippen molar-refractivity contribution < 1.29 is 21.6 Å². The lowest BCUT2D eigenvalue weighted by Crippen LogP contribution is -2.37. The molecule has 1 saturated heterocycles. The zero-order valence-corrected chi connectivity index (χ0v) is 18.2. The minimum atomic E-state index is -3.74. The number of hydrogen-bond donors (Lipinski definition) is 1. The fourth-order valence-electron chi connectivity index (χ4n) is 3.07. The Morgan fingerprint density at radius 3 is 2.46 bits per heavy atom. The predicted octanol–water partition coefficient (Wildman–Crippen LogP) is 2.65. The van der Waals surface area contributed by atoms with Gasteiger partial charge in [0.2, 0.25) is 20.0 Å². The predicted molar refractivity (Wildman–Crippen MR) is 111 cm³/mol. The van der Waals surface area contributed by atoms with Crippen LogP contribution in [0.1, 0.15) is 28.7 Å². The van der Waals surface area contributed by atoms with Crippen LogP contribution in [0.4, 0.5) is 5.69 Å². The van der Waals surface area contributed by atoms with Gasteiger partial charge < -0.3 is 4.74 Å². The molecule has 0 bridgehead atoms. The zero-order valence-electron chi connectivity index (χ0n) is 15.8. The van der Waals surface area contributed by atoms with Crippen molar-refractivity contribution in [3.8, 4) is 0 Å². The van der Waals surface area contributed by atoms with E-state index in [9.17, 15) is 16.8 Å². The molecule has 0 spiro atoms. The average molecular weight is 445 g/mol. The summed E-state index contributed by atoms with van der Waals surface area (Å²) in [7, 11) is -5.52. The summed E-state index contributed by atoms with van der Waals surface area (Å²) in [6.45, 7) is 2.51. The summed E-state index contributed by atoms with van der Waals surface area (Å²) < 4.78 is 58.9. The summed E-state index contributed by atoms with van der Waals surface area (Å²) in [4.78, 5) is 2.17. The van der Waals surface area contributed by atoms with E-state index in [0.29, 0.717) is 18.7 Å². The smallest absolute Gasteiger partial charge is 0.240 e. The van der Waals surface area contributed by atoms with E-state index in [4.69, 9.17) is 4.74 Å². The molecule has 0 aliphatic carbocycles. The van der Waals surface area contributed by atoms with E-state index in [0.717, 1.165) is 16.2 Å². The Kier molecular flexibility index (Phi) is 6.45. The first kappa shape index (κ1) is 21.3. The lowest BCUT2D eigenvalue weighted by molar-refractivity contribution is 0.110. The van der Waals surface area contributed by atoms with Crippen molar-refractivity contribution in [2.75, 3.05) is 30.3 Å². The first-order valence-corrected chi connectivity index (χ1v) is 12.8. The minimum Gasteiger partial charge on any atom is -0.375 e. The van der Waals surface area contributed by atoms with Crippen LogP contribution in [0.2, 0.25) is 0 Å². The highest BCUT2D eigenvalue weighted by Gasteiger charge is 2.26. The Balaban J connectivity index is 1.71. The van der Waals surface area contributed by atoms with Crippen LogP contribution in [-0.2, 0) is 24.8 Å². The van der Waals surface area contributed by atoms with Crippen LogP contribution in [0.5, 0.6) is 0 Å². The molecule has 2 aromatic rings. The van der Waals surface area contributed by atoms with Crippen molar-refractivity contribution >= 4 is 37.1 Å². The summed E-state index contributed by atoms with van der Waals surface area (Å²) in [6, 6.07) is 9.82. The van der Waals surface area contributed by atoms with Crippen molar-refractivity contribution in [2.24, 2.45) is 0 Å². The number of benzene rings is 1. The highest BCUT2D eigenvalue weighted by atomic mass is 32.2. The SMILES string of the molecule is COC(CNS(=O)(=O)c1ccc(N2CCCCS2(=O)=O)cc1)c1ccc(C)s1. The maximum atomic E-state index is 12.6. The highest BCUT2D eigenvalue weighted by molar-refractivity contribution is 7.92. The topological polar surface area (TPSA) is 92.8 Å². The molecule has 1 aliphatic heterocycles. The van der Waals surface area contributed by atoms with Gasteiger partial charge in [-0.25, -0.2) is 21.6 Å². The molecule has 28 heavy (non-hydrogen) atoms. The zero-order chi connectivity index (χ0) is 20.4. The van der Waals surface area contributed by atoms with E-state index >= 15 is 0 Å². The third-order valence-corrected chi connectivity index (χ3v) is 9.01. The van der Waals surface area contributed by atoms with Crippen LogP contribution in [0.15, 0.2) is 41.3 Å². The number of anilines is 1. The van der Waals surface area contributed by atoms with Crippen LogP contribution in [-0.4, -0.2) is 42.8 Å². The van der Waals surface area contributed by atoms with Gasteiger partial charge in [-0.15, -0.1) is 11.3 Å². The molecule has 1 atom stereocenters. The summed E-state index contributed by atoms with van der Waals surface area (Å²) in [5.41, 5.74) is 0.488. The van der Waals surface area contributed by atoms with Gasteiger partial charge in [0.25, 0.3) is 0 Å². The molecule has 1 aliphatic rings. The van der Waals surface area contributed by atoms with Crippen molar-refractivity contribution in [1.29, 1.82) is 0 Å². The number of nitrogens with one attached hydrogen (secondary N) is 1. The second-order valence-corrected chi connectivity index (χ2v) is 11.7. The van der Waals surface area contributed by atoms with Crippen molar-refractivity contribution in [1.82, 2.24) is 4.72 Å². The van der Waals surface area contributed by atoms with Gasteiger partial charge in [-0.2, -0.15) is 0 Å². The van der Waals surface area contributed by atoms with Crippen LogP contribution in [0.25, 0.3) is 0 Å². The Bertz CT molecular complexity index is 1010. The number of ether oxygens (including phenoxy) is 1. The van der Waals surface area contributed by atoms with E-state index < -0.39 is 20.0 Å². The molecule has 1 unspecified atom stereocenters. The Morgan fingerprint density at radius 2 is 1.89 bits per heavy atom. The van der Waals surface area contributed by atoms with E-state index in [1.807, 2.05) is 19.1 Å². The van der Waals surface area contributed by atoms with E-state index in [-0.39, 0.29) is 23.3 Å². The molecule has 3 rings (SSSR count). The van der Waals surface area contributed by atoms with Crippen LogP contribution >= 0.6 is 11.3 Å². The van der Waals surface area contributed by atoms with Gasteiger partial charge >= 0.3 is 0 Å². The molecule has 154 valence electrons. The number of sulfonamides is 2.